The van der Waals surface area contributed by atoms with Gasteiger partial charge in [0.25, 0.3) is 0 Å². The van der Waals surface area contributed by atoms with Crippen molar-refractivity contribution in [3.8, 4) is 0 Å². The number of hydrogen-bond donors (Lipinski definition) is 1. The summed E-state index contributed by atoms with van der Waals surface area (Å²) < 4.78 is 13.3. The maximum absolute atomic E-state index is 5.94. The molecule has 1 N–H and O–H groups in total. The highest BCUT2D eigenvalue weighted by Crippen LogP contribution is 2.21. The van der Waals surface area contributed by atoms with Crippen LogP contribution in [-0.2, 0) is 16.5 Å². The highest BCUT2D eigenvalue weighted by molar-refractivity contribution is 14.0. The fourth-order valence-corrected chi connectivity index (χ4v) is 3.73. The summed E-state index contributed by atoms with van der Waals surface area (Å²) in [5.41, 5.74) is 1.11. The van der Waals surface area contributed by atoms with Gasteiger partial charge in [0.1, 0.15) is 6.10 Å². The van der Waals surface area contributed by atoms with Crippen molar-refractivity contribution in [3.63, 3.8) is 0 Å². The molecular formula is C18H33IN6O2. The quantitative estimate of drug-likeness (QED) is 0.386. The van der Waals surface area contributed by atoms with E-state index in [2.05, 4.69) is 39.1 Å². The summed E-state index contributed by atoms with van der Waals surface area (Å²) in [5, 5.41) is 7.81. The van der Waals surface area contributed by atoms with Crippen LogP contribution in [0.2, 0.25) is 0 Å². The lowest BCUT2D eigenvalue weighted by Gasteiger charge is -2.39. The van der Waals surface area contributed by atoms with Gasteiger partial charge >= 0.3 is 0 Å². The zero-order chi connectivity index (χ0) is 18.5. The van der Waals surface area contributed by atoms with Crippen LogP contribution in [0, 0.1) is 0 Å². The Hall–Kier alpha value is -0.910. The number of morpholine rings is 2. The minimum atomic E-state index is 0. The summed E-state index contributed by atoms with van der Waals surface area (Å²) in [4.78, 5) is 9.27. The van der Waals surface area contributed by atoms with Crippen LogP contribution >= 0.6 is 24.0 Å². The number of guanidine groups is 1. The van der Waals surface area contributed by atoms with Crippen LogP contribution in [0.15, 0.2) is 17.4 Å². The van der Waals surface area contributed by atoms with Crippen molar-refractivity contribution >= 4 is 29.9 Å². The van der Waals surface area contributed by atoms with Crippen molar-refractivity contribution in [3.05, 3.63) is 18.0 Å². The smallest absolute Gasteiger partial charge is 0.193 e. The topological polar surface area (TPSA) is 67.2 Å². The molecule has 2 fully saturated rings. The fourth-order valence-electron chi connectivity index (χ4n) is 3.73. The SMILES string of the molecule is CN=C(NCC(C)N1CCOCC1C)N1CCOC(c2cnn(C)c2)C1.I. The Morgan fingerprint density at radius 3 is 2.89 bits per heavy atom. The predicted octanol–water partition coefficient (Wildman–Crippen LogP) is 1.10. The Bertz CT molecular complexity index is 610. The molecule has 2 aliphatic rings. The average Bonchev–Trinajstić information content (AvgIpc) is 3.09. The van der Waals surface area contributed by atoms with Crippen molar-refractivity contribution in [2.45, 2.75) is 32.0 Å². The number of ether oxygens (including phenoxy) is 2. The number of aryl methyl sites for hydroxylation is 1. The third-order valence-corrected chi connectivity index (χ3v) is 5.22. The summed E-state index contributed by atoms with van der Waals surface area (Å²) in [5.74, 6) is 0.940. The van der Waals surface area contributed by atoms with E-state index in [0.717, 1.165) is 50.9 Å². The highest BCUT2D eigenvalue weighted by Gasteiger charge is 2.27. The van der Waals surface area contributed by atoms with Gasteiger partial charge in [-0.2, -0.15) is 5.10 Å². The monoisotopic (exact) mass is 492 g/mol. The summed E-state index contributed by atoms with van der Waals surface area (Å²) in [6.45, 7) is 10.3. The number of aromatic nitrogens is 2. The lowest BCUT2D eigenvalue weighted by atomic mass is 10.1. The molecule has 9 heteroatoms. The minimum Gasteiger partial charge on any atom is -0.379 e. The Morgan fingerprint density at radius 2 is 2.22 bits per heavy atom. The number of nitrogens with one attached hydrogen (secondary N) is 1. The number of hydrogen-bond acceptors (Lipinski definition) is 5. The first-order chi connectivity index (χ1) is 12.6. The standard InChI is InChI=1S/C18H32N6O2.HI/c1-14(24-6-7-25-13-15(24)2)9-20-18(19-3)23-5-8-26-17(12-23)16-10-21-22(4)11-16;/h10-11,14-15,17H,5-9,12-13H2,1-4H3,(H,19,20);1H. The summed E-state index contributed by atoms with van der Waals surface area (Å²) >= 11 is 0. The zero-order valence-electron chi connectivity index (χ0n) is 16.8. The van der Waals surface area contributed by atoms with E-state index in [4.69, 9.17) is 9.47 Å². The van der Waals surface area contributed by atoms with E-state index in [1.54, 1.807) is 0 Å². The van der Waals surface area contributed by atoms with E-state index < -0.39 is 0 Å². The Kier molecular flexibility index (Phi) is 8.77. The van der Waals surface area contributed by atoms with Gasteiger partial charge in [0.15, 0.2) is 5.96 Å². The molecule has 1 aromatic heterocycles. The van der Waals surface area contributed by atoms with Crippen LogP contribution < -0.4 is 5.32 Å². The second kappa shape index (κ2) is 10.6. The lowest BCUT2D eigenvalue weighted by molar-refractivity contribution is -0.0185. The molecule has 2 aliphatic heterocycles. The van der Waals surface area contributed by atoms with Gasteiger partial charge in [-0.05, 0) is 13.8 Å². The Morgan fingerprint density at radius 1 is 1.41 bits per heavy atom. The maximum atomic E-state index is 5.94. The van der Waals surface area contributed by atoms with Gasteiger partial charge in [-0.1, -0.05) is 0 Å². The minimum absolute atomic E-state index is 0. The van der Waals surface area contributed by atoms with Crippen LogP contribution in [0.25, 0.3) is 0 Å². The molecule has 154 valence electrons. The number of rotatable bonds is 4. The molecule has 0 amide bonds. The molecule has 0 radical (unpaired) electrons. The second-order valence-corrected chi connectivity index (χ2v) is 7.19. The summed E-state index contributed by atoms with van der Waals surface area (Å²) in [6, 6.07) is 0.890. The third kappa shape index (κ3) is 5.78. The summed E-state index contributed by atoms with van der Waals surface area (Å²) in [7, 11) is 3.78. The van der Waals surface area contributed by atoms with Crippen LogP contribution in [0.1, 0.15) is 25.5 Å². The molecule has 3 atom stereocenters. The molecule has 3 rings (SSSR count). The van der Waals surface area contributed by atoms with E-state index in [1.807, 2.05) is 31.2 Å². The molecule has 0 spiro atoms. The van der Waals surface area contributed by atoms with Crippen molar-refractivity contribution in [2.75, 3.05) is 53.0 Å². The Labute approximate surface area is 179 Å². The van der Waals surface area contributed by atoms with Crippen LogP contribution in [0.4, 0.5) is 0 Å². The molecular weight excluding hydrogens is 459 g/mol. The first kappa shape index (κ1) is 22.4. The van der Waals surface area contributed by atoms with E-state index in [-0.39, 0.29) is 30.1 Å². The lowest BCUT2D eigenvalue weighted by Crippen LogP contribution is -2.54. The second-order valence-electron chi connectivity index (χ2n) is 7.19. The van der Waals surface area contributed by atoms with Gasteiger partial charge in [-0.15, -0.1) is 24.0 Å². The first-order valence-corrected chi connectivity index (χ1v) is 9.47. The maximum Gasteiger partial charge on any atom is 0.193 e. The largest absolute Gasteiger partial charge is 0.379 e. The van der Waals surface area contributed by atoms with Gasteiger partial charge in [0, 0.05) is 57.6 Å². The Balaban J connectivity index is 0.00000261. The highest BCUT2D eigenvalue weighted by atomic mass is 127. The average molecular weight is 492 g/mol. The molecule has 3 heterocycles. The van der Waals surface area contributed by atoms with E-state index in [9.17, 15) is 0 Å². The molecule has 3 unspecified atom stereocenters. The third-order valence-electron chi connectivity index (χ3n) is 5.22. The first-order valence-electron chi connectivity index (χ1n) is 9.47. The van der Waals surface area contributed by atoms with Crippen molar-refractivity contribution in [1.29, 1.82) is 0 Å². The normalized spacial score (nSPS) is 25.8. The van der Waals surface area contributed by atoms with E-state index in [0.29, 0.717) is 18.7 Å². The van der Waals surface area contributed by atoms with Gasteiger partial charge < -0.3 is 19.7 Å². The number of nitrogens with zero attached hydrogens (tertiary/aromatic N) is 5. The molecule has 0 bridgehead atoms. The molecule has 0 aromatic carbocycles. The van der Waals surface area contributed by atoms with Crippen LogP contribution in [-0.4, -0.2) is 90.7 Å². The zero-order valence-corrected chi connectivity index (χ0v) is 19.1. The molecule has 27 heavy (non-hydrogen) atoms. The summed E-state index contributed by atoms with van der Waals surface area (Å²) in [6.07, 6.45) is 3.94. The predicted molar refractivity (Wildman–Crippen MR) is 117 cm³/mol. The number of aliphatic imine (C=N–C) groups is 1. The van der Waals surface area contributed by atoms with E-state index >= 15 is 0 Å². The molecule has 2 saturated heterocycles. The van der Waals surface area contributed by atoms with Crippen LogP contribution in [0.5, 0.6) is 0 Å². The molecule has 0 saturated carbocycles. The fraction of sp³-hybridized carbons (Fsp3) is 0.778. The van der Waals surface area contributed by atoms with Crippen LogP contribution in [0.3, 0.4) is 0 Å². The van der Waals surface area contributed by atoms with Crippen molar-refractivity contribution < 1.29 is 9.47 Å². The van der Waals surface area contributed by atoms with Gasteiger partial charge in [-0.3, -0.25) is 14.6 Å². The molecule has 0 aliphatic carbocycles. The van der Waals surface area contributed by atoms with Gasteiger partial charge in [0.2, 0.25) is 0 Å². The van der Waals surface area contributed by atoms with Crippen molar-refractivity contribution in [2.24, 2.45) is 12.0 Å². The van der Waals surface area contributed by atoms with Crippen molar-refractivity contribution in [1.82, 2.24) is 24.9 Å². The molecule has 1 aromatic rings. The molecule has 8 nitrogen and oxygen atoms in total. The number of halogens is 1. The van der Waals surface area contributed by atoms with Gasteiger partial charge in [-0.25, -0.2) is 0 Å². The van der Waals surface area contributed by atoms with E-state index in [1.165, 1.54) is 0 Å². The van der Waals surface area contributed by atoms with Gasteiger partial charge in [0.05, 0.1) is 32.6 Å².